The molecule has 5 nitrogen and oxygen atoms in total. The summed E-state index contributed by atoms with van der Waals surface area (Å²) in [6, 6.07) is 22.4. The highest BCUT2D eigenvalue weighted by molar-refractivity contribution is 8.18. The second-order valence-electron chi connectivity index (χ2n) is 7.31. The molecule has 1 heterocycles. The zero-order chi connectivity index (χ0) is 23.2. The first kappa shape index (κ1) is 23.0. The van der Waals surface area contributed by atoms with Gasteiger partial charge in [-0.05, 0) is 65.7 Å². The van der Waals surface area contributed by atoms with Crippen LogP contribution in [0.3, 0.4) is 0 Å². The summed E-state index contributed by atoms with van der Waals surface area (Å²) in [4.78, 5) is 26.9. The van der Waals surface area contributed by atoms with Crippen molar-refractivity contribution in [2.75, 3.05) is 6.61 Å². The van der Waals surface area contributed by atoms with Gasteiger partial charge in [0.15, 0.2) is 11.5 Å². The first-order valence-electron chi connectivity index (χ1n) is 10.5. The fourth-order valence-electron chi connectivity index (χ4n) is 3.30. The Hall–Kier alpha value is -3.22. The van der Waals surface area contributed by atoms with Crippen molar-refractivity contribution in [1.29, 1.82) is 0 Å². The zero-order valence-electron chi connectivity index (χ0n) is 18.0. The van der Waals surface area contributed by atoms with Gasteiger partial charge in [-0.15, -0.1) is 0 Å². The number of benzene rings is 3. The maximum atomic E-state index is 12.8. The van der Waals surface area contributed by atoms with Crippen LogP contribution in [0.1, 0.15) is 23.6 Å². The maximum absolute atomic E-state index is 12.8. The van der Waals surface area contributed by atoms with Crippen LogP contribution in [0, 0.1) is 0 Å². The molecule has 33 heavy (non-hydrogen) atoms. The molecule has 2 amide bonds. The van der Waals surface area contributed by atoms with Crippen LogP contribution in [-0.2, 0) is 17.9 Å². The molecule has 3 aromatic rings. The van der Waals surface area contributed by atoms with Crippen molar-refractivity contribution in [1.82, 2.24) is 4.90 Å². The van der Waals surface area contributed by atoms with Crippen molar-refractivity contribution >= 4 is 40.6 Å². The normalized spacial score (nSPS) is 14.7. The Morgan fingerprint density at radius 3 is 2.39 bits per heavy atom. The van der Waals surface area contributed by atoms with Gasteiger partial charge in [0.2, 0.25) is 0 Å². The van der Waals surface area contributed by atoms with E-state index in [-0.39, 0.29) is 17.7 Å². The van der Waals surface area contributed by atoms with Crippen molar-refractivity contribution in [3.05, 3.63) is 99.4 Å². The Labute approximate surface area is 202 Å². The second kappa shape index (κ2) is 10.6. The SMILES string of the molecule is CCOc1cc(/C=C2\SC(=O)N(Cc3ccccc3)C2=O)ccc1OCc1ccc(Cl)cc1. The molecule has 168 valence electrons. The largest absolute Gasteiger partial charge is 0.490 e. The van der Waals surface area contributed by atoms with E-state index in [1.54, 1.807) is 12.1 Å². The van der Waals surface area contributed by atoms with E-state index in [0.717, 1.165) is 28.5 Å². The van der Waals surface area contributed by atoms with Gasteiger partial charge in [-0.2, -0.15) is 0 Å². The lowest BCUT2D eigenvalue weighted by molar-refractivity contribution is -0.123. The first-order chi connectivity index (χ1) is 16.0. The predicted molar refractivity (Wildman–Crippen MR) is 131 cm³/mol. The molecule has 1 aliphatic heterocycles. The van der Waals surface area contributed by atoms with Crippen LogP contribution in [0.4, 0.5) is 4.79 Å². The molecule has 0 spiro atoms. The highest BCUT2D eigenvalue weighted by atomic mass is 35.5. The van der Waals surface area contributed by atoms with Crippen LogP contribution in [0.2, 0.25) is 5.02 Å². The van der Waals surface area contributed by atoms with Crippen molar-refractivity contribution in [3.63, 3.8) is 0 Å². The summed E-state index contributed by atoms with van der Waals surface area (Å²) in [7, 11) is 0. The van der Waals surface area contributed by atoms with Crippen molar-refractivity contribution in [2.45, 2.75) is 20.1 Å². The van der Waals surface area contributed by atoms with Gasteiger partial charge in [-0.3, -0.25) is 14.5 Å². The maximum Gasteiger partial charge on any atom is 0.293 e. The van der Waals surface area contributed by atoms with E-state index in [2.05, 4.69) is 0 Å². The number of thioether (sulfide) groups is 1. The summed E-state index contributed by atoms with van der Waals surface area (Å²) in [5.41, 5.74) is 2.64. The van der Waals surface area contributed by atoms with Gasteiger partial charge in [-0.25, -0.2) is 0 Å². The van der Waals surface area contributed by atoms with Gasteiger partial charge < -0.3 is 9.47 Å². The number of ether oxygens (including phenoxy) is 2. The van der Waals surface area contributed by atoms with Crippen molar-refractivity contribution < 1.29 is 19.1 Å². The van der Waals surface area contributed by atoms with Crippen molar-refractivity contribution in [2.24, 2.45) is 0 Å². The number of nitrogens with zero attached hydrogens (tertiary/aromatic N) is 1. The van der Waals surface area contributed by atoms with Gasteiger partial charge in [-0.1, -0.05) is 60.1 Å². The molecule has 0 radical (unpaired) electrons. The average molecular weight is 480 g/mol. The summed E-state index contributed by atoms with van der Waals surface area (Å²) in [6.07, 6.45) is 1.71. The predicted octanol–water partition coefficient (Wildman–Crippen LogP) is 6.55. The van der Waals surface area contributed by atoms with Gasteiger partial charge in [0.25, 0.3) is 11.1 Å². The molecule has 0 N–H and O–H groups in total. The minimum atomic E-state index is -0.296. The lowest BCUT2D eigenvalue weighted by Crippen LogP contribution is -2.27. The van der Waals surface area contributed by atoms with Crippen LogP contribution in [0.25, 0.3) is 6.08 Å². The third-order valence-corrected chi connectivity index (χ3v) is 6.09. The van der Waals surface area contributed by atoms with E-state index in [0.29, 0.717) is 34.6 Å². The Morgan fingerprint density at radius 1 is 0.909 bits per heavy atom. The minimum absolute atomic E-state index is 0.254. The van der Waals surface area contributed by atoms with Gasteiger partial charge >= 0.3 is 0 Å². The highest BCUT2D eigenvalue weighted by Crippen LogP contribution is 2.35. The third kappa shape index (κ3) is 5.78. The van der Waals surface area contributed by atoms with E-state index in [1.807, 2.05) is 73.7 Å². The van der Waals surface area contributed by atoms with Crippen LogP contribution in [0.15, 0.2) is 77.7 Å². The number of hydrogen-bond donors (Lipinski definition) is 0. The summed E-state index contributed by atoms with van der Waals surface area (Å²) in [6.45, 7) is 2.98. The van der Waals surface area contributed by atoms with Gasteiger partial charge in [0.1, 0.15) is 6.61 Å². The molecule has 0 bridgehead atoms. The minimum Gasteiger partial charge on any atom is -0.490 e. The van der Waals surface area contributed by atoms with Crippen LogP contribution >= 0.6 is 23.4 Å². The third-order valence-electron chi connectivity index (χ3n) is 4.93. The van der Waals surface area contributed by atoms with Crippen LogP contribution in [-0.4, -0.2) is 22.7 Å². The van der Waals surface area contributed by atoms with Gasteiger partial charge in [0, 0.05) is 5.02 Å². The standard InChI is InChI=1S/C26H22ClNO4S/c1-2-31-23-14-20(10-13-22(23)32-17-19-8-11-21(27)12-9-19)15-24-25(29)28(26(30)33-24)16-18-6-4-3-5-7-18/h3-15H,2,16-17H2,1H3/b24-15-. The Kier molecular flexibility index (Phi) is 7.37. The van der Waals surface area contributed by atoms with E-state index in [1.165, 1.54) is 4.90 Å². The van der Waals surface area contributed by atoms with Crippen LogP contribution in [0.5, 0.6) is 11.5 Å². The lowest BCUT2D eigenvalue weighted by atomic mass is 10.1. The molecule has 3 aromatic carbocycles. The fraction of sp³-hybridized carbons (Fsp3) is 0.154. The molecule has 4 rings (SSSR count). The molecule has 7 heteroatoms. The topological polar surface area (TPSA) is 55.8 Å². The fourth-order valence-corrected chi connectivity index (χ4v) is 4.26. The summed E-state index contributed by atoms with van der Waals surface area (Å²) in [5, 5.41) is 0.398. The van der Waals surface area contributed by atoms with Crippen molar-refractivity contribution in [3.8, 4) is 11.5 Å². The molecule has 0 unspecified atom stereocenters. The van der Waals surface area contributed by atoms with E-state index in [9.17, 15) is 9.59 Å². The second-order valence-corrected chi connectivity index (χ2v) is 8.74. The molecule has 0 aliphatic carbocycles. The summed E-state index contributed by atoms with van der Waals surface area (Å²) in [5.74, 6) is 0.875. The number of rotatable bonds is 8. The molecular weight excluding hydrogens is 458 g/mol. The average Bonchev–Trinajstić information content (AvgIpc) is 3.08. The number of imide groups is 1. The number of amides is 2. The molecule has 0 atom stereocenters. The van der Waals surface area contributed by atoms with Crippen LogP contribution < -0.4 is 9.47 Å². The molecule has 0 saturated carbocycles. The number of halogens is 1. The van der Waals surface area contributed by atoms with Gasteiger partial charge in [0.05, 0.1) is 18.1 Å². The molecule has 1 fully saturated rings. The summed E-state index contributed by atoms with van der Waals surface area (Å²) >= 11 is 6.88. The number of carbonyl (C=O) groups is 2. The van der Waals surface area contributed by atoms with E-state index < -0.39 is 0 Å². The van der Waals surface area contributed by atoms with E-state index in [4.69, 9.17) is 21.1 Å². The Morgan fingerprint density at radius 2 is 1.67 bits per heavy atom. The smallest absolute Gasteiger partial charge is 0.293 e. The molecule has 1 saturated heterocycles. The first-order valence-corrected chi connectivity index (χ1v) is 11.7. The number of hydrogen-bond acceptors (Lipinski definition) is 5. The summed E-state index contributed by atoms with van der Waals surface area (Å²) < 4.78 is 11.7. The molecule has 1 aliphatic rings. The monoisotopic (exact) mass is 479 g/mol. The highest BCUT2D eigenvalue weighted by Gasteiger charge is 2.35. The van der Waals surface area contributed by atoms with E-state index >= 15 is 0 Å². The molecule has 0 aromatic heterocycles. The molecular formula is C26H22ClNO4S. The lowest BCUT2D eigenvalue weighted by Gasteiger charge is -2.13. The zero-order valence-corrected chi connectivity index (χ0v) is 19.6. The Bertz CT molecular complexity index is 1180. The number of carbonyl (C=O) groups excluding carboxylic acids is 2. The Balaban J connectivity index is 1.50. The quantitative estimate of drug-likeness (QED) is 0.343.